The second-order valence-electron chi connectivity index (χ2n) is 7.78. The molecule has 0 spiro atoms. The van der Waals surface area contributed by atoms with Crippen LogP contribution in [0.3, 0.4) is 0 Å². The second kappa shape index (κ2) is 9.25. The lowest BCUT2D eigenvalue weighted by atomic mass is 9.86. The molecule has 1 fully saturated rings. The molecule has 5 nitrogen and oxygen atoms in total. The van der Waals surface area contributed by atoms with Gasteiger partial charge in [0.15, 0.2) is 0 Å². The molecule has 6 heteroatoms. The van der Waals surface area contributed by atoms with Crippen LogP contribution in [0.2, 0.25) is 0 Å². The quantitative estimate of drug-likeness (QED) is 0.728. The van der Waals surface area contributed by atoms with E-state index in [1.807, 2.05) is 4.57 Å². The number of aromatic nitrogens is 1. The number of amides is 1. The summed E-state index contributed by atoms with van der Waals surface area (Å²) in [4.78, 5) is 25.2. The predicted octanol–water partition coefficient (Wildman–Crippen LogP) is 4.47. The Balaban J connectivity index is 1.89. The van der Waals surface area contributed by atoms with Crippen LogP contribution in [0.5, 0.6) is 0 Å². The largest absolute Gasteiger partial charge is 0.462 e. The molecule has 0 saturated heterocycles. The first-order valence-corrected chi connectivity index (χ1v) is 10.3. The third-order valence-electron chi connectivity index (χ3n) is 5.76. The van der Waals surface area contributed by atoms with Crippen LogP contribution in [-0.2, 0) is 16.1 Å². The number of nitrogens with zero attached hydrogens (tertiary/aromatic N) is 1. The van der Waals surface area contributed by atoms with E-state index in [0.717, 1.165) is 24.8 Å². The Morgan fingerprint density at radius 3 is 2.55 bits per heavy atom. The van der Waals surface area contributed by atoms with Crippen LogP contribution in [0, 0.1) is 18.7 Å². The summed E-state index contributed by atoms with van der Waals surface area (Å²) in [7, 11) is 0. The molecule has 2 atom stereocenters. The van der Waals surface area contributed by atoms with Crippen molar-refractivity contribution in [3.8, 4) is 11.3 Å². The number of hydrogen-bond acceptors (Lipinski definition) is 3. The van der Waals surface area contributed by atoms with Gasteiger partial charge in [-0.1, -0.05) is 19.8 Å². The van der Waals surface area contributed by atoms with E-state index in [2.05, 4.69) is 12.2 Å². The van der Waals surface area contributed by atoms with E-state index in [4.69, 9.17) is 4.74 Å². The zero-order chi connectivity index (χ0) is 21.0. The molecule has 1 heterocycles. The predicted molar refractivity (Wildman–Crippen MR) is 110 cm³/mol. The summed E-state index contributed by atoms with van der Waals surface area (Å²) in [6.45, 7) is 6.10. The third-order valence-corrected chi connectivity index (χ3v) is 5.76. The van der Waals surface area contributed by atoms with Crippen molar-refractivity contribution < 1.29 is 18.7 Å². The molecule has 0 bridgehead atoms. The number of nitrogens with one attached hydrogen (secondary N) is 1. The molecule has 1 N–H and O–H groups in total. The highest BCUT2D eigenvalue weighted by Gasteiger charge is 2.25. The van der Waals surface area contributed by atoms with Crippen molar-refractivity contribution >= 4 is 11.9 Å². The van der Waals surface area contributed by atoms with Gasteiger partial charge in [0.25, 0.3) is 0 Å². The van der Waals surface area contributed by atoms with Crippen LogP contribution in [0.15, 0.2) is 30.3 Å². The van der Waals surface area contributed by atoms with Gasteiger partial charge in [-0.2, -0.15) is 0 Å². The molecule has 1 aromatic heterocycles. The summed E-state index contributed by atoms with van der Waals surface area (Å²) in [6.07, 6.45) is 4.46. The monoisotopic (exact) mass is 400 g/mol. The average Bonchev–Trinajstić information content (AvgIpc) is 3.01. The minimum atomic E-state index is -0.423. The smallest absolute Gasteiger partial charge is 0.339 e. The van der Waals surface area contributed by atoms with Crippen LogP contribution in [0.25, 0.3) is 11.3 Å². The molecule has 1 aliphatic rings. The van der Waals surface area contributed by atoms with Crippen LogP contribution in [-0.4, -0.2) is 29.1 Å². The number of carbonyl (C=O) groups is 2. The Labute approximate surface area is 171 Å². The maximum atomic E-state index is 13.4. The molecule has 1 aliphatic carbocycles. The molecular formula is C23H29FN2O3. The number of rotatable bonds is 6. The zero-order valence-electron chi connectivity index (χ0n) is 17.3. The van der Waals surface area contributed by atoms with Crippen LogP contribution in [0.1, 0.15) is 55.6 Å². The minimum Gasteiger partial charge on any atom is -0.462 e. The van der Waals surface area contributed by atoms with E-state index >= 15 is 0 Å². The van der Waals surface area contributed by atoms with Gasteiger partial charge in [-0.3, -0.25) is 4.79 Å². The Morgan fingerprint density at radius 1 is 1.21 bits per heavy atom. The van der Waals surface area contributed by atoms with E-state index in [0.29, 0.717) is 22.9 Å². The van der Waals surface area contributed by atoms with Crippen molar-refractivity contribution in [2.45, 2.75) is 59.0 Å². The molecule has 0 aliphatic heterocycles. The Morgan fingerprint density at radius 2 is 1.90 bits per heavy atom. The second-order valence-corrected chi connectivity index (χ2v) is 7.78. The first-order chi connectivity index (χ1) is 13.9. The standard InChI is InChI=1S/C23H29FN2O3/c1-4-29-23(28)19-13-21(17-9-11-18(24)12-10-17)26(16(19)3)14-22(27)25-20-8-6-5-7-15(20)2/h9-13,15,20H,4-8,14H2,1-3H3,(H,25,27). The molecule has 2 aromatic rings. The SMILES string of the molecule is CCOC(=O)c1cc(-c2ccc(F)cc2)n(CC(=O)NC2CCCCC2C)c1C. The molecule has 1 amide bonds. The van der Waals surface area contributed by atoms with Crippen molar-refractivity contribution in [2.24, 2.45) is 5.92 Å². The number of carbonyl (C=O) groups excluding carboxylic acids is 2. The lowest BCUT2D eigenvalue weighted by Gasteiger charge is -2.29. The molecule has 1 saturated carbocycles. The third kappa shape index (κ3) is 4.86. The number of hydrogen-bond donors (Lipinski definition) is 1. The van der Waals surface area contributed by atoms with Gasteiger partial charge in [-0.05, 0) is 68.5 Å². The minimum absolute atomic E-state index is 0.0822. The first kappa shape index (κ1) is 21.1. The van der Waals surface area contributed by atoms with Gasteiger partial charge in [0.05, 0.1) is 12.2 Å². The fourth-order valence-electron chi connectivity index (χ4n) is 4.05. The highest BCUT2D eigenvalue weighted by molar-refractivity contribution is 5.93. The summed E-state index contributed by atoms with van der Waals surface area (Å²) in [6, 6.07) is 7.95. The Hall–Kier alpha value is -2.63. The highest BCUT2D eigenvalue weighted by atomic mass is 19.1. The van der Waals surface area contributed by atoms with Crippen molar-refractivity contribution in [2.75, 3.05) is 6.61 Å². The zero-order valence-corrected chi connectivity index (χ0v) is 17.3. The summed E-state index contributed by atoms with van der Waals surface area (Å²) in [5.41, 5.74) is 2.51. The van der Waals surface area contributed by atoms with Crippen LogP contribution in [0.4, 0.5) is 4.39 Å². The summed E-state index contributed by atoms with van der Waals surface area (Å²) < 4.78 is 20.3. The van der Waals surface area contributed by atoms with Gasteiger partial charge in [-0.25, -0.2) is 9.18 Å². The van der Waals surface area contributed by atoms with Gasteiger partial charge < -0.3 is 14.6 Å². The summed E-state index contributed by atoms with van der Waals surface area (Å²) in [5, 5.41) is 3.16. The lowest BCUT2D eigenvalue weighted by Crippen LogP contribution is -2.42. The average molecular weight is 400 g/mol. The Bertz CT molecular complexity index is 873. The van der Waals surface area contributed by atoms with Gasteiger partial charge in [0, 0.05) is 17.4 Å². The lowest BCUT2D eigenvalue weighted by molar-refractivity contribution is -0.122. The summed E-state index contributed by atoms with van der Waals surface area (Å²) >= 11 is 0. The first-order valence-electron chi connectivity index (χ1n) is 10.3. The van der Waals surface area contributed by atoms with E-state index in [1.165, 1.54) is 18.6 Å². The van der Waals surface area contributed by atoms with Gasteiger partial charge >= 0.3 is 5.97 Å². The molecular weight excluding hydrogens is 371 g/mol. The fourth-order valence-corrected chi connectivity index (χ4v) is 4.05. The maximum absolute atomic E-state index is 13.4. The highest BCUT2D eigenvalue weighted by Crippen LogP contribution is 2.28. The topological polar surface area (TPSA) is 60.3 Å². The van der Waals surface area contributed by atoms with Crippen molar-refractivity contribution in [1.29, 1.82) is 0 Å². The number of esters is 1. The molecule has 3 rings (SSSR count). The van der Waals surface area contributed by atoms with Gasteiger partial charge in [0.1, 0.15) is 12.4 Å². The van der Waals surface area contributed by atoms with Crippen molar-refractivity contribution in [3.05, 3.63) is 47.4 Å². The normalized spacial score (nSPS) is 19.0. The van der Waals surface area contributed by atoms with E-state index < -0.39 is 5.97 Å². The number of ether oxygens (including phenoxy) is 1. The van der Waals surface area contributed by atoms with Gasteiger partial charge in [0.2, 0.25) is 5.91 Å². The molecule has 2 unspecified atom stereocenters. The van der Waals surface area contributed by atoms with Crippen molar-refractivity contribution in [3.63, 3.8) is 0 Å². The Kier molecular flexibility index (Phi) is 6.72. The van der Waals surface area contributed by atoms with Crippen molar-refractivity contribution in [1.82, 2.24) is 9.88 Å². The van der Waals surface area contributed by atoms with E-state index in [-0.39, 0.29) is 30.9 Å². The van der Waals surface area contributed by atoms with E-state index in [9.17, 15) is 14.0 Å². The fraction of sp³-hybridized carbons (Fsp3) is 0.478. The maximum Gasteiger partial charge on any atom is 0.339 e. The van der Waals surface area contributed by atoms with E-state index in [1.54, 1.807) is 32.0 Å². The molecule has 156 valence electrons. The molecule has 1 aromatic carbocycles. The number of benzene rings is 1. The van der Waals surface area contributed by atoms with Gasteiger partial charge in [-0.15, -0.1) is 0 Å². The summed E-state index contributed by atoms with van der Waals surface area (Å²) in [5.74, 6) is -0.377. The van der Waals surface area contributed by atoms with Crippen LogP contribution < -0.4 is 5.32 Å². The molecule has 29 heavy (non-hydrogen) atoms. The van der Waals surface area contributed by atoms with Crippen LogP contribution >= 0.6 is 0 Å². The molecule has 0 radical (unpaired) electrons. The number of halogens is 1.